The quantitative estimate of drug-likeness (QED) is 0.826. The number of hydrogen-bond acceptors (Lipinski definition) is 5. The van der Waals surface area contributed by atoms with Gasteiger partial charge in [-0.1, -0.05) is 0 Å². The largest absolute Gasteiger partial charge is 0.326 e. The summed E-state index contributed by atoms with van der Waals surface area (Å²) in [5.41, 5.74) is 7.13. The van der Waals surface area contributed by atoms with Crippen LogP contribution in [0.1, 0.15) is 18.5 Å². The minimum atomic E-state index is 0.261. The van der Waals surface area contributed by atoms with Crippen LogP contribution in [0.5, 0.6) is 0 Å². The maximum Gasteiger partial charge on any atom is 0.0758 e. The van der Waals surface area contributed by atoms with Crippen LogP contribution in [0.15, 0.2) is 6.20 Å². The molecule has 0 bridgehead atoms. The Morgan fingerprint density at radius 1 is 1.69 bits per heavy atom. The summed E-state index contributed by atoms with van der Waals surface area (Å²) < 4.78 is 8.14. The maximum absolute atomic E-state index is 6.09. The molecule has 1 fully saturated rings. The molecule has 1 aromatic rings. The third-order valence-corrected chi connectivity index (χ3v) is 4.35. The van der Waals surface area contributed by atoms with Crippen molar-refractivity contribution in [2.75, 3.05) is 5.75 Å². The van der Waals surface area contributed by atoms with Gasteiger partial charge < -0.3 is 5.73 Å². The second-order valence-electron chi connectivity index (χ2n) is 3.32. The number of thioether (sulfide) groups is 1. The molecule has 1 aliphatic rings. The zero-order valence-electron chi connectivity index (χ0n) is 7.35. The molecule has 1 aliphatic heterocycles. The van der Waals surface area contributed by atoms with Gasteiger partial charge in [0.05, 0.1) is 23.6 Å². The van der Waals surface area contributed by atoms with Crippen LogP contribution in [0.25, 0.3) is 0 Å². The van der Waals surface area contributed by atoms with Crippen molar-refractivity contribution in [2.45, 2.75) is 30.6 Å². The minimum Gasteiger partial charge on any atom is -0.326 e. The predicted octanol–water partition coefficient (Wildman–Crippen LogP) is 1.30. The Bertz CT molecular complexity index is 244. The first kappa shape index (κ1) is 9.43. The number of aromatic nitrogens is 2. The van der Waals surface area contributed by atoms with Gasteiger partial charge in [0.15, 0.2) is 0 Å². The monoisotopic (exact) mass is 215 g/mol. The molecule has 3 nitrogen and oxygen atoms in total. The summed E-state index contributed by atoms with van der Waals surface area (Å²) >= 11 is 3.26. The van der Waals surface area contributed by atoms with E-state index in [0.717, 1.165) is 12.1 Å². The standard InChI is InChI=1S/C8H13N3S2/c9-7(8-2-1-3-12-8)4-6-5-10-13-11-6/h5,7-8H,1-4,9H2. The summed E-state index contributed by atoms with van der Waals surface area (Å²) in [6.07, 6.45) is 5.29. The van der Waals surface area contributed by atoms with E-state index >= 15 is 0 Å². The van der Waals surface area contributed by atoms with E-state index in [9.17, 15) is 0 Å². The third kappa shape index (κ3) is 2.42. The summed E-state index contributed by atoms with van der Waals surface area (Å²) in [6, 6.07) is 0.261. The Hall–Kier alpha value is -0.130. The van der Waals surface area contributed by atoms with Gasteiger partial charge in [-0.05, 0) is 18.6 Å². The van der Waals surface area contributed by atoms with Crippen LogP contribution in [0.4, 0.5) is 0 Å². The molecule has 0 radical (unpaired) electrons. The molecule has 2 atom stereocenters. The van der Waals surface area contributed by atoms with E-state index in [-0.39, 0.29) is 6.04 Å². The van der Waals surface area contributed by atoms with Crippen molar-refractivity contribution >= 4 is 23.5 Å². The molecule has 1 aromatic heterocycles. The first-order valence-corrected chi connectivity index (χ1v) is 6.28. The van der Waals surface area contributed by atoms with Crippen LogP contribution in [-0.2, 0) is 6.42 Å². The average molecular weight is 215 g/mol. The van der Waals surface area contributed by atoms with Crippen LogP contribution in [0.3, 0.4) is 0 Å². The SMILES string of the molecule is NC(Cc1cnsn1)C1CCCS1. The first-order valence-electron chi connectivity index (χ1n) is 4.50. The lowest BCUT2D eigenvalue weighted by Gasteiger charge is -2.16. The third-order valence-electron chi connectivity index (χ3n) is 2.29. The lowest BCUT2D eigenvalue weighted by molar-refractivity contribution is 0.604. The van der Waals surface area contributed by atoms with E-state index in [1.54, 1.807) is 0 Å². The average Bonchev–Trinajstić information content (AvgIpc) is 2.74. The van der Waals surface area contributed by atoms with Gasteiger partial charge in [0.2, 0.25) is 0 Å². The highest BCUT2D eigenvalue weighted by Crippen LogP contribution is 2.28. The molecule has 0 saturated carbocycles. The van der Waals surface area contributed by atoms with Crippen LogP contribution in [-0.4, -0.2) is 25.8 Å². The van der Waals surface area contributed by atoms with Crippen molar-refractivity contribution in [3.05, 3.63) is 11.9 Å². The predicted molar refractivity (Wildman–Crippen MR) is 57.1 cm³/mol. The Labute approximate surface area is 86.4 Å². The summed E-state index contributed by atoms with van der Waals surface area (Å²) in [6.45, 7) is 0. The zero-order valence-corrected chi connectivity index (χ0v) is 8.98. The first-order chi connectivity index (χ1) is 6.36. The molecule has 2 unspecified atom stereocenters. The highest BCUT2D eigenvalue weighted by molar-refractivity contribution is 8.00. The molecule has 72 valence electrons. The fraction of sp³-hybridized carbons (Fsp3) is 0.750. The van der Waals surface area contributed by atoms with Gasteiger partial charge in [-0.2, -0.15) is 20.5 Å². The molecular weight excluding hydrogens is 202 g/mol. The normalized spacial score (nSPS) is 24.8. The highest BCUT2D eigenvalue weighted by Gasteiger charge is 2.23. The van der Waals surface area contributed by atoms with E-state index < -0.39 is 0 Å². The topological polar surface area (TPSA) is 51.8 Å². The summed E-state index contributed by atoms with van der Waals surface area (Å²) in [4.78, 5) is 0. The van der Waals surface area contributed by atoms with E-state index in [2.05, 4.69) is 8.75 Å². The number of nitrogens with two attached hydrogens (primary N) is 1. The fourth-order valence-corrected chi connectivity index (χ4v) is 3.34. The Kier molecular flexibility index (Phi) is 3.18. The number of rotatable bonds is 3. The van der Waals surface area contributed by atoms with Gasteiger partial charge in [0, 0.05) is 17.7 Å². The van der Waals surface area contributed by atoms with E-state index in [0.29, 0.717) is 5.25 Å². The van der Waals surface area contributed by atoms with Gasteiger partial charge in [0.1, 0.15) is 0 Å². The van der Waals surface area contributed by atoms with E-state index in [1.807, 2.05) is 18.0 Å². The van der Waals surface area contributed by atoms with E-state index in [4.69, 9.17) is 5.73 Å². The fourth-order valence-electron chi connectivity index (χ4n) is 1.59. The van der Waals surface area contributed by atoms with Gasteiger partial charge >= 0.3 is 0 Å². The number of hydrogen-bond donors (Lipinski definition) is 1. The van der Waals surface area contributed by atoms with Crippen molar-refractivity contribution in [3.63, 3.8) is 0 Å². The lowest BCUT2D eigenvalue weighted by atomic mass is 10.1. The van der Waals surface area contributed by atoms with Crippen LogP contribution >= 0.6 is 23.5 Å². The van der Waals surface area contributed by atoms with Crippen molar-refractivity contribution in [3.8, 4) is 0 Å². The molecule has 0 amide bonds. The summed E-state index contributed by atoms with van der Waals surface area (Å²) in [5.74, 6) is 1.27. The second kappa shape index (κ2) is 4.39. The Morgan fingerprint density at radius 2 is 2.62 bits per heavy atom. The molecule has 2 N–H and O–H groups in total. The van der Waals surface area contributed by atoms with Crippen LogP contribution in [0, 0.1) is 0 Å². The molecule has 0 spiro atoms. The lowest BCUT2D eigenvalue weighted by Crippen LogP contribution is -2.33. The minimum absolute atomic E-state index is 0.261. The molecule has 0 aromatic carbocycles. The second-order valence-corrected chi connectivity index (χ2v) is 5.22. The Balaban J connectivity index is 1.87. The summed E-state index contributed by atoms with van der Waals surface area (Å²) in [7, 11) is 0. The van der Waals surface area contributed by atoms with Gasteiger partial charge in [-0.3, -0.25) is 0 Å². The van der Waals surface area contributed by atoms with Crippen molar-refractivity contribution in [2.24, 2.45) is 5.73 Å². The molecule has 2 heterocycles. The maximum atomic E-state index is 6.09. The van der Waals surface area contributed by atoms with Crippen molar-refractivity contribution < 1.29 is 0 Å². The highest BCUT2D eigenvalue weighted by atomic mass is 32.2. The van der Waals surface area contributed by atoms with E-state index in [1.165, 1.54) is 30.3 Å². The summed E-state index contributed by atoms with van der Waals surface area (Å²) in [5, 5.41) is 0.640. The van der Waals surface area contributed by atoms with Crippen molar-refractivity contribution in [1.29, 1.82) is 0 Å². The molecule has 13 heavy (non-hydrogen) atoms. The number of nitrogens with zero attached hydrogens (tertiary/aromatic N) is 2. The molecule has 0 aliphatic carbocycles. The smallest absolute Gasteiger partial charge is 0.0758 e. The molecular formula is C8H13N3S2. The van der Waals surface area contributed by atoms with Crippen LogP contribution < -0.4 is 5.73 Å². The molecule has 2 rings (SSSR count). The van der Waals surface area contributed by atoms with Gasteiger partial charge in [0.25, 0.3) is 0 Å². The zero-order chi connectivity index (χ0) is 9.10. The van der Waals surface area contributed by atoms with Crippen molar-refractivity contribution in [1.82, 2.24) is 8.75 Å². The Morgan fingerprint density at radius 3 is 3.23 bits per heavy atom. The van der Waals surface area contributed by atoms with Gasteiger partial charge in [-0.15, -0.1) is 0 Å². The van der Waals surface area contributed by atoms with Crippen LogP contribution in [0.2, 0.25) is 0 Å². The van der Waals surface area contributed by atoms with Gasteiger partial charge in [-0.25, -0.2) is 0 Å². The molecule has 5 heteroatoms. The molecule has 1 saturated heterocycles.